The molecule has 0 saturated heterocycles. The summed E-state index contributed by atoms with van der Waals surface area (Å²) in [6.45, 7) is 0.188. The molecule has 1 heterocycles. The van der Waals surface area contributed by atoms with Crippen molar-refractivity contribution in [3.63, 3.8) is 0 Å². The molecule has 1 aromatic heterocycles. The van der Waals surface area contributed by atoms with Gasteiger partial charge in [0.05, 0.1) is 6.54 Å². The summed E-state index contributed by atoms with van der Waals surface area (Å²) in [5.74, 6) is 0. The van der Waals surface area contributed by atoms with E-state index in [1.165, 1.54) is 22.9 Å². The summed E-state index contributed by atoms with van der Waals surface area (Å²) in [5.41, 5.74) is 2.54. The molecule has 2 N–H and O–H groups in total. The van der Waals surface area contributed by atoms with Gasteiger partial charge in [-0.3, -0.25) is 5.21 Å². The van der Waals surface area contributed by atoms with E-state index in [1.807, 2.05) is 24.3 Å². The van der Waals surface area contributed by atoms with Crippen molar-refractivity contribution in [2.24, 2.45) is 0 Å². The number of hydroxylamine groups is 2. The average Bonchev–Trinajstić information content (AvgIpc) is 2.96. The SMILES string of the molecule is CNC(=O)N(O)Cc1cc2ccc(Cc3ccccc3)cc2s1. The summed E-state index contributed by atoms with van der Waals surface area (Å²) in [5, 5.41) is 13.9. The van der Waals surface area contributed by atoms with Crippen molar-refractivity contribution in [2.45, 2.75) is 13.0 Å². The van der Waals surface area contributed by atoms with Crippen LogP contribution in [0.4, 0.5) is 4.79 Å². The first-order valence-corrected chi connectivity index (χ1v) is 8.21. The van der Waals surface area contributed by atoms with Gasteiger partial charge in [-0.15, -0.1) is 11.3 Å². The van der Waals surface area contributed by atoms with Crippen molar-refractivity contribution >= 4 is 27.5 Å². The Bertz CT molecular complexity index is 814. The van der Waals surface area contributed by atoms with Gasteiger partial charge in [-0.05, 0) is 35.1 Å². The molecule has 0 aliphatic carbocycles. The number of hydrogen-bond donors (Lipinski definition) is 2. The number of carbonyl (C=O) groups is 1. The molecule has 0 aliphatic heterocycles. The summed E-state index contributed by atoms with van der Waals surface area (Å²) in [4.78, 5) is 12.3. The highest BCUT2D eigenvalue weighted by atomic mass is 32.1. The third-order valence-corrected chi connectivity index (χ3v) is 4.72. The number of amides is 2. The monoisotopic (exact) mass is 326 g/mol. The number of rotatable bonds is 4. The Morgan fingerprint density at radius 2 is 1.91 bits per heavy atom. The molecule has 2 amide bonds. The average molecular weight is 326 g/mol. The molecule has 5 heteroatoms. The summed E-state index contributed by atoms with van der Waals surface area (Å²) in [6, 6.07) is 18.3. The van der Waals surface area contributed by atoms with Crippen molar-refractivity contribution in [1.29, 1.82) is 0 Å². The number of benzene rings is 2. The molecular weight excluding hydrogens is 308 g/mol. The van der Waals surface area contributed by atoms with Gasteiger partial charge in [0.25, 0.3) is 0 Å². The molecule has 3 aromatic rings. The van der Waals surface area contributed by atoms with E-state index >= 15 is 0 Å². The first-order valence-electron chi connectivity index (χ1n) is 7.39. The van der Waals surface area contributed by atoms with E-state index in [0.29, 0.717) is 5.06 Å². The second-order valence-electron chi connectivity index (χ2n) is 5.36. The normalized spacial score (nSPS) is 10.7. The standard InChI is InChI=1S/C18H18N2O2S/c1-19-18(21)20(22)12-16-11-15-8-7-14(10-17(15)23-16)9-13-5-3-2-4-6-13/h2-8,10-11,22H,9,12H2,1H3,(H,19,21). The zero-order chi connectivity index (χ0) is 16.2. The summed E-state index contributed by atoms with van der Waals surface area (Å²) in [6.07, 6.45) is 0.897. The van der Waals surface area contributed by atoms with Gasteiger partial charge >= 0.3 is 6.03 Å². The van der Waals surface area contributed by atoms with E-state index in [1.54, 1.807) is 11.3 Å². The van der Waals surface area contributed by atoms with Crippen LogP contribution in [0.5, 0.6) is 0 Å². The molecule has 2 aromatic carbocycles. The number of nitrogens with one attached hydrogen (secondary N) is 1. The Hall–Kier alpha value is -2.37. The van der Waals surface area contributed by atoms with E-state index in [4.69, 9.17) is 0 Å². The van der Waals surface area contributed by atoms with Gasteiger partial charge in [-0.2, -0.15) is 0 Å². The molecule has 0 bridgehead atoms. The van der Waals surface area contributed by atoms with E-state index < -0.39 is 6.03 Å². The molecule has 3 rings (SSSR count). The van der Waals surface area contributed by atoms with Crippen molar-refractivity contribution < 1.29 is 10.0 Å². The predicted molar refractivity (Wildman–Crippen MR) is 92.9 cm³/mol. The second-order valence-corrected chi connectivity index (χ2v) is 6.53. The summed E-state index contributed by atoms with van der Waals surface area (Å²) in [7, 11) is 1.49. The lowest BCUT2D eigenvalue weighted by Crippen LogP contribution is -2.34. The lowest BCUT2D eigenvalue weighted by Gasteiger charge is -2.12. The van der Waals surface area contributed by atoms with Crippen molar-refractivity contribution in [3.05, 3.63) is 70.6 Å². The zero-order valence-corrected chi connectivity index (χ0v) is 13.6. The molecule has 0 fully saturated rings. The maximum Gasteiger partial charge on any atom is 0.341 e. The minimum absolute atomic E-state index is 0.188. The minimum atomic E-state index is -0.507. The van der Waals surface area contributed by atoms with Crippen LogP contribution in [0.1, 0.15) is 16.0 Å². The van der Waals surface area contributed by atoms with E-state index in [9.17, 15) is 10.0 Å². The number of carbonyl (C=O) groups excluding carboxylic acids is 1. The van der Waals surface area contributed by atoms with Gasteiger partial charge in [-0.1, -0.05) is 42.5 Å². The van der Waals surface area contributed by atoms with Crippen LogP contribution in [-0.2, 0) is 13.0 Å². The highest BCUT2D eigenvalue weighted by Crippen LogP contribution is 2.28. The van der Waals surface area contributed by atoms with Crippen LogP contribution in [0.2, 0.25) is 0 Å². The molecule has 0 unspecified atom stereocenters. The molecule has 0 saturated carbocycles. The minimum Gasteiger partial charge on any atom is -0.339 e. The zero-order valence-electron chi connectivity index (χ0n) is 12.8. The summed E-state index contributed by atoms with van der Waals surface area (Å²) >= 11 is 1.60. The van der Waals surface area contributed by atoms with Crippen LogP contribution in [-0.4, -0.2) is 23.3 Å². The number of urea groups is 1. The van der Waals surface area contributed by atoms with Crippen LogP contribution in [0.25, 0.3) is 10.1 Å². The Morgan fingerprint density at radius 1 is 1.13 bits per heavy atom. The van der Waals surface area contributed by atoms with Gasteiger partial charge in [-0.25, -0.2) is 9.86 Å². The first-order chi connectivity index (χ1) is 11.2. The van der Waals surface area contributed by atoms with E-state index in [2.05, 4.69) is 35.6 Å². The molecule has 4 nitrogen and oxygen atoms in total. The Kier molecular flexibility index (Phi) is 4.60. The fraction of sp³-hybridized carbons (Fsp3) is 0.167. The highest BCUT2D eigenvalue weighted by molar-refractivity contribution is 7.19. The van der Waals surface area contributed by atoms with Gasteiger partial charge < -0.3 is 5.32 Å². The topological polar surface area (TPSA) is 52.6 Å². The van der Waals surface area contributed by atoms with Crippen LogP contribution in [0.15, 0.2) is 54.6 Å². The molecule has 118 valence electrons. The Labute approximate surface area is 138 Å². The molecule has 23 heavy (non-hydrogen) atoms. The molecular formula is C18H18N2O2S. The van der Waals surface area contributed by atoms with E-state index in [-0.39, 0.29) is 6.54 Å². The first kappa shape index (κ1) is 15.5. The maximum absolute atomic E-state index is 11.4. The fourth-order valence-corrected chi connectivity index (χ4v) is 3.61. The quantitative estimate of drug-likeness (QED) is 0.562. The van der Waals surface area contributed by atoms with Gasteiger partial charge in [0.15, 0.2) is 0 Å². The van der Waals surface area contributed by atoms with Crippen molar-refractivity contribution in [3.8, 4) is 0 Å². The molecule has 0 atom stereocenters. The largest absolute Gasteiger partial charge is 0.341 e. The van der Waals surface area contributed by atoms with Crippen molar-refractivity contribution in [2.75, 3.05) is 7.05 Å². The van der Waals surface area contributed by atoms with Crippen LogP contribution < -0.4 is 5.32 Å². The van der Waals surface area contributed by atoms with Gasteiger partial charge in [0.2, 0.25) is 0 Å². The molecule has 0 aliphatic rings. The maximum atomic E-state index is 11.4. The van der Waals surface area contributed by atoms with Gasteiger partial charge in [0.1, 0.15) is 0 Å². The smallest absolute Gasteiger partial charge is 0.339 e. The van der Waals surface area contributed by atoms with Crippen LogP contribution in [0.3, 0.4) is 0 Å². The third kappa shape index (κ3) is 3.70. The number of hydrogen-bond acceptors (Lipinski definition) is 3. The lowest BCUT2D eigenvalue weighted by atomic mass is 10.0. The van der Waals surface area contributed by atoms with Crippen LogP contribution in [0, 0.1) is 0 Å². The summed E-state index contributed by atoms with van der Waals surface area (Å²) < 4.78 is 1.17. The second kappa shape index (κ2) is 6.81. The third-order valence-electron chi connectivity index (χ3n) is 3.64. The lowest BCUT2D eigenvalue weighted by molar-refractivity contribution is -0.0493. The molecule has 0 spiro atoms. The van der Waals surface area contributed by atoms with E-state index in [0.717, 1.165) is 16.7 Å². The number of thiophene rings is 1. The predicted octanol–water partition coefficient (Wildman–Crippen LogP) is 4.02. The van der Waals surface area contributed by atoms with Crippen molar-refractivity contribution in [1.82, 2.24) is 10.4 Å². The number of nitrogens with zero attached hydrogens (tertiary/aromatic N) is 1. The molecule has 0 radical (unpaired) electrons. The highest BCUT2D eigenvalue weighted by Gasteiger charge is 2.11. The Balaban J connectivity index is 1.79. The van der Waals surface area contributed by atoms with Crippen LogP contribution >= 0.6 is 11.3 Å². The Morgan fingerprint density at radius 3 is 2.65 bits per heavy atom. The number of fused-ring (bicyclic) bond motifs is 1. The van der Waals surface area contributed by atoms with Gasteiger partial charge in [0, 0.05) is 16.6 Å². The fourth-order valence-electron chi connectivity index (χ4n) is 2.50.